The molecule has 0 spiro atoms. The van der Waals surface area contributed by atoms with Crippen LogP contribution in [-0.4, -0.2) is 44.5 Å². The molecule has 6 nitrogen and oxygen atoms in total. The number of aliphatic imine (C=N–C) groups is 1. The highest BCUT2D eigenvalue weighted by molar-refractivity contribution is 7.19. The maximum absolute atomic E-state index is 10.6. The average molecular weight is 442 g/mol. The summed E-state index contributed by atoms with van der Waals surface area (Å²) in [6, 6.07) is 18.2. The number of nitrogens with zero attached hydrogens (tertiary/aromatic N) is 1. The lowest BCUT2D eigenvalue weighted by atomic mass is 10.2. The minimum Gasteiger partial charge on any atom is -0.493 e. The fourth-order valence-electron chi connectivity index (χ4n) is 3.10. The van der Waals surface area contributed by atoms with Gasteiger partial charge in [-0.1, -0.05) is 30.3 Å². The Hall–Kier alpha value is -2.61. The predicted molar refractivity (Wildman–Crippen MR) is 128 cm³/mol. The van der Waals surface area contributed by atoms with Crippen molar-refractivity contribution in [2.45, 2.75) is 26.0 Å². The standard InChI is InChI=1S/C24H31N3O3S/c1-3-25-24(26-16-18-8-6-10-20(14-18)30-13-7-12-29-2)27-17-21(28)23-15-19-9-4-5-11-22(19)31-23/h4-6,8-11,14-15,21,28H,3,7,12-13,16-17H2,1-2H3,(H2,25,26,27). The highest BCUT2D eigenvalue weighted by Crippen LogP contribution is 2.29. The molecule has 166 valence electrons. The fourth-order valence-corrected chi connectivity index (χ4v) is 4.15. The van der Waals surface area contributed by atoms with Crippen LogP contribution in [0.25, 0.3) is 10.1 Å². The molecule has 2 aromatic carbocycles. The highest BCUT2D eigenvalue weighted by atomic mass is 32.1. The zero-order chi connectivity index (χ0) is 21.9. The third-order valence-corrected chi connectivity index (χ3v) is 5.88. The first-order valence-electron chi connectivity index (χ1n) is 10.6. The minimum atomic E-state index is -0.593. The third-order valence-electron chi connectivity index (χ3n) is 4.66. The number of rotatable bonds is 11. The zero-order valence-electron chi connectivity index (χ0n) is 18.1. The average Bonchev–Trinajstić information content (AvgIpc) is 3.23. The van der Waals surface area contributed by atoms with Crippen LogP contribution in [0.1, 0.15) is 29.9 Å². The summed E-state index contributed by atoms with van der Waals surface area (Å²) in [7, 11) is 1.69. The Morgan fingerprint density at radius 3 is 2.77 bits per heavy atom. The molecule has 3 N–H and O–H groups in total. The van der Waals surface area contributed by atoms with E-state index in [0.29, 0.717) is 32.3 Å². The normalized spacial score (nSPS) is 12.7. The lowest BCUT2D eigenvalue weighted by Gasteiger charge is -2.14. The first-order chi connectivity index (χ1) is 15.2. The number of ether oxygens (including phenoxy) is 2. The number of hydrogen-bond donors (Lipinski definition) is 3. The van der Waals surface area contributed by atoms with Crippen molar-refractivity contribution < 1.29 is 14.6 Å². The van der Waals surface area contributed by atoms with Crippen LogP contribution in [-0.2, 0) is 11.3 Å². The van der Waals surface area contributed by atoms with Gasteiger partial charge in [-0.2, -0.15) is 0 Å². The second kappa shape index (κ2) is 12.3. The fraction of sp³-hybridized carbons (Fsp3) is 0.375. The molecule has 1 heterocycles. The Kier molecular flexibility index (Phi) is 9.15. The van der Waals surface area contributed by atoms with Gasteiger partial charge in [-0.05, 0) is 42.1 Å². The van der Waals surface area contributed by atoms with Gasteiger partial charge in [0.1, 0.15) is 11.9 Å². The molecule has 7 heteroatoms. The first kappa shape index (κ1) is 23.1. The largest absolute Gasteiger partial charge is 0.493 e. The number of benzene rings is 2. The molecule has 0 fully saturated rings. The van der Waals surface area contributed by atoms with Crippen molar-refractivity contribution >= 4 is 27.4 Å². The zero-order valence-corrected chi connectivity index (χ0v) is 19.0. The van der Waals surface area contributed by atoms with E-state index in [-0.39, 0.29) is 0 Å². The topological polar surface area (TPSA) is 75.1 Å². The lowest BCUT2D eigenvalue weighted by molar-refractivity contribution is 0.172. The summed E-state index contributed by atoms with van der Waals surface area (Å²) < 4.78 is 12.0. The lowest BCUT2D eigenvalue weighted by Crippen LogP contribution is -2.39. The van der Waals surface area contributed by atoms with Gasteiger partial charge in [0.15, 0.2) is 5.96 Å². The van der Waals surface area contributed by atoms with Gasteiger partial charge in [0.25, 0.3) is 0 Å². The second-order valence-corrected chi connectivity index (χ2v) is 8.24. The summed E-state index contributed by atoms with van der Waals surface area (Å²) in [6.07, 6.45) is 0.264. The van der Waals surface area contributed by atoms with Crippen LogP contribution in [0.3, 0.4) is 0 Å². The summed E-state index contributed by atoms with van der Waals surface area (Å²) in [5.41, 5.74) is 1.06. The molecule has 1 unspecified atom stereocenters. The number of guanidine groups is 1. The molecule has 3 rings (SSSR count). The molecule has 3 aromatic rings. The number of hydrogen-bond acceptors (Lipinski definition) is 5. The molecule has 1 aromatic heterocycles. The highest BCUT2D eigenvalue weighted by Gasteiger charge is 2.12. The molecule has 31 heavy (non-hydrogen) atoms. The van der Waals surface area contributed by atoms with Crippen molar-refractivity contribution in [2.75, 3.05) is 33.4 Å². The number of aliphatic hydroxyl groups excluding tert-OH is 1. The molecule has 0 saturated carbocycles. The Bertz CT molecular complexity index is 940. The van der Waals surface area contributed by atoms with Crippen LogP contribution in [0.5, 0.6) is 5.75 Å². The molecule has 0 aliphatic carbocycles. The number of aliphatic hydroxyl groups is 1. The van der Waals surface area contributed by atoms with E-state index >= 15 is 0 Å². The van der Waals surface area contributed by atoms with Gasteiger partial charge in [-0.3, -0.25) is 0 Å². The van der Waals surface area contributed by atoms with E-state index in [9.17, 15) is 5.11 Å². The van der Waals surface area contributed by atoms with Crippen molar-refractivity contribution in [3.05, 3.63) is 65.0 Å². The quantitative estimate of drug-likeness (QED) is 0.237. The van der Waals surface area contributed by atoms with Gasteiger partial charge in [0, 0.05) is 42.8 Å². The maximum Gasteiger partial charge on any atom is 0.191 e. The molecule has 0 amide bonds. The Morgan fingerprint density at radius 1 is 1.10 bits per heavy atom. The first-order valence-corrected chi connectivity index (χ1v) is 11.4. The van der Waals surface area contributed by atoms with Crippen LogP contribution in [0, 0.1) is 0 Å². The molecule has 0 aliphatic heterocycles. The molecule has 0 bridgehead atoms. The predicted octanol–water partition coefficient (Wildman–Crippen LogP) is 4.11. The molecule has 0 radical (unpaired) electrons. The van der Waals surface area contributed by atoms with E-state index in [1.807, 2.05) is 43.3 Å². The van der Waals surface area contributed by atoms with Crippen LogP contribution in [0.2, 0.25) is 0 Å². The van der Waals surface area contributed by atoms with E-state index in [1.165, 1.54) is 4.70 Å². The van der Waals surface area contributed by atoms with E-state index in [4.69, 9.17) is 9.47 Å². The summed E-state index contributed by atoms with van der Waals surface area (Å²) >= 11 is 1.62. The van der Waals surface area contributed by atoms with Crippen molar-refractivity contribution in [1.29, 1.82) is 0 Å². The van der Waals surface area contributed by atoms with Gasteiger partial charge < -0.3 is 25.2 Å². The van der Waals surface area contributed by atoms with Crippen molar-refractivity contribution in [3.63, 3.8) is 0 Å². The van der Waals surface area contributed by atoms with Gasteiger partial charge in [-0.25, -0.2) is 4.99 Å². The van der Waals surface area contributed by atoms with Gasteiger partial charge in [0.2, 0.25) is 0 Å². The third kappa shape index (κ3) is 7.24. The minimum absolute atomic E-state index is 0.390. The molecular weight excluding hydrogens is 410 g/mol. The van der Waals surface area contributed by atoms with Gasteiger partial charge >= 0.3 is 0 Å². The van der Waals surface area contributed by atoms with Crippen LogP contribution >= 0.6 is 11.3 Å². The second-order valence-electron chi connectivity index (χ2n) is 7.12. The number of fused-ring (bicyclic) bond motifs is 1. The summed E-state index contributed by atoms with van der Waals surface area (Å²) in [4.78, 5) is 5.60. The van der Waals surface area contributed by atoms with Crippen molar-refractivity contribution in [3.8, 4) is 5.75 Å². The van der Waals surface area contributed by atoms with E-state index in [0.717, 1.165) is 34.5 Å². The monoisotopic (exact) mass is 441 g/mol. The van der Waals surface area contributed by atoms with Gasteiger partial charge in [-0.15, -0.1) is 11.3 Å². The molecule has 1 atom stereocenters. The van der Waals surface area contributed by atoms with E-state index < -0.39 is 6.10 Å². The molecule has 0 aliphatic rings. The summed E-state index contributed by atoms with van der Waals surface area (Å²) in [5.74, 6) is 1.51. The SMILES string of the molecule is CCNC(=NCc1cccc(OCCCOC)c1)NCC(O)c1cc2ccccc2s1. The maximum atomic E-state index is 10.6. The van der Waals surface area contributed by atoms with Crippen LogP contribution in [0.15, 0.2) is 59.6 Å². The van der Waals surface area contributed by atoms with Crippen molar-refractivity contribution in [2.24, 2.45) is 4.99 Å². The summed E-state index contributed by atoms with van der Waals surface area (Å²) in [6.45, 7) is 4.99. The van der Waals surface area contributed by atoms with Crippen LogP contribution < -0.4 is 15.4 Å². The van der Waals surface area contributed by atoms with Gasteiger partial charge in [0.05, 0.1) is 13.2 Å². The Balaban J connectivity index is 1.56. The Morgan fingerprint density at radius 2 is 1.97 bits per heavy atom. The summed E-state index contributed by atoms with van der Waals surface area (Å²) in [5, 5.41) is 18.3. The molecule has 0 saturated heterocycles. The molecular formula is C24H31N3O3S. The van der Waals surface area contributed by atoms with Crippen LogP contribution in [0.4, 0.5) is 0 Å². The smallest absolute Gasteiger partial charge is 0.191 e. The number of methoxy groups -OCH3 is 1. The van der Waals surface area contributed by atoms with E-state index in [2.05, 4.69) is 33.8 Å². The van der Waals surface area contributed by atoms with Crippen molar-refractivity contribution in [1.82, 2.24) is 10.6 Å². The number of thiophene rings is 1. The van der Waals surface area contributed by atoms with E-state index in [1.54, 1.807) is 18.4 Å². The number of nitrogens with one attached hydrogen (secondary N) is 2. The Labute approximate surface area is 187 Å².